The van der Waals surface area contributed by atoms with Crippen LogP contribution in [0.15, 0.2) is 53.1 Å². The summed E-state index contributed by atoms with van der Waals surface area (Å²) in [5.74, 6) is -1.08. The molecular formula is C19H17NO4S. The summed E-state index contributed by atoms with van der Waals surface area (Å²) in [6.07, 6.45) is 1.61. The lowest BCUT2D eigenvalue weighted by molar-refractivity contribution is -0.130. The summed E-state index contributed by atoms with van der Waals surface area (Å²) in [7, 11) is 0. The molecule has 0 spiro atoms. The molecular weight excluding hydrogens is 338 g/mol. The van der Waals surface area contributed by atoms with E-state index in [1.54, 1.807) is 12.1 Å². The SMILES string of the molecule is O=C(C1=C(O)C(=O)N(Cc2cccs2)C1c1ccc(O)cc1)C1CC1. The van der Waals surface area contributed by atoms with Crippen molar-refractivity contribution in [1.82, 2.24) is 4.90 Å². The van der Waals surface area contributed by atoms with Crippen molar-refractivity contribution in [1.29, 1.82) is 0 Å². The number of carbonyl (C=O) groups is 2. The Morgan fingerprint density at radius 3 is 2.48 bits per heavy atom. The first kappa shape index (κ1) is 15.9. The molecule has 2 N–H and O–H groups in total. The average molecular weight is 355 g/mol. The molecule has 1 atom stereocenters. The van der Waals surface area contributed by atoms with Crippen molar-refractivity contribution in [2.24, 2.45) is 5.92 Å². The number of amides is 1. The van der Waals surface area contributed by atoms with Crippen molar-refractivity contribution in [2.75, 3.05) is 0 Å². The number of rotatable bonds is 5. The maximum absolute atomic E-state index is 12.7. The lowest BCUT2D eigenvalue weighted by atomic mass is 9.94. The number of carbonyl (C=O) groups excluding carboxylic acids is 2. The standard InChI is InChI=1S/C19H17NO4S/c21-13-7-5-11(6-8-13)16-15(17(22)12-3-4-12)18(23)19(24)20(16)10-14-2-1-9-25-14/h1-2,5-9,12,16,21,23H,3-4,10H2. The summed E-state index contributed by atoms with van der Waals surface area (Å²) < 4.78 is 0. The zero-order chi connectivity index (χ0) is 17.6. The third-order valence-electron chi connectivity index (χ3n) is 4.63. The van der Waals surface area contributed by atoms with E-state index < -0.39 is 17.7 Å². The Balaban J connectivity index is 1.76. The van der Waals surface area contributed by atoms with Crippen LogP contribution in [0, 0.1) is 5.92 Å². The van der Waals surface area contributed by atoms with Crippen molar-refractivity contribution in [3.8, 4) is 5.75 Å². The summed E-state index contributed by atoms with van der Waals surface area (Å²) in [4.78, 5) is 27.9. The monoisotopic (exact) mass is 355 g/mol. The van der Waals surface area contributed by atoms with E-state index >= 15 is 0 Å². The second kappa shape index (κ2) is 6.04. The van der Waals surface area contributed by atoms with Crippen molar-refractivity contribution in [3.05, 3.63) is 63.6 Å². The lowest BCUT2D eigenvalue weighted by Gasteiger charge is -2.26. The van der Waals surface area contributed by atoms with Gasteiger partial charge >= 0.3 is 0 Å². The molecule has 2 heterocycles. The number of phenolic OH excluding ortho intramolecular Hbond substituents is 1. The highest BCUT2D eigenvalue weighted by atomic mass is 32.1. The Kier molecular flexibility index (Phi) is 3.84. The van der Waals surface area contributed by atoms with Crippen LogP contribution in [0.2, 0.25) is 0 Å². The Morgan fingerprint density at radius 1 is 1.16 bits per heavy atom. The fourth-order valence-electron chi connectivity index (χ4n) is 3.21. The molecule has 2 aliphatic rings. The normalized spacial score (nSPS) is 20.4. The van der Waals surface area contributed by atoms with Gasteiger partial charge in [0.2, 0.25) is 0 Å². The number of nitrogens with zero attached hydrogens (tertiary/aromatic N) is 1. The fraction of sp³-hybridized carbons (Fsp3) is 0.263. The smallest absolute Gasteiger partial charge is 0.290 e. The lowest BCUT2D eigenvalue weighted by Crippen LogP contribution is -2.30. The predicted molar refractivity (Wildman–Crippen MR) is 93.1 cm³/mol. The third kappa shape index (κ3) is 2.82. The first-order chi connectivity index (χ1) is 12.1. The van der Waals surface area contributed by atoms with E-state index in [0.29, 0.717) is 12.1 Å². The number of ketones is 1. The number of hydrogen-bond donors (Lipinski definition) is 2. The Labute approximate surface area is 148 Å². The van der Waals surface area contributed by atoms with Crippen LogP contribution >= 0.6 is 11.3 Å². The van der Waals surface area contributed by atoms with Crippen LogP contribution in [0.3, 0.4) is 0 Å². The van der Waals surface area contributed by atoms with Gasteiger partial charge in [-0.05, 0) is 42.0 Å². The van der Waals surface area contributed by atoms with Crippen LogP contribution in [0.25, 0.3) is 0 Å². The summed E-state index contributed by atoms with van der Waals surface area (Å²) in [6, 6.07) is 9.63. The zero-order valence-corrected chi connectivity index (χ0v) is 14.2. The van der Waals surface area contributed by atoms with E-state index in [1.165, 1.54) is 28.4 Å². The van der Waals surface area contributed by atoms with Gasteiger partial charge in [0, 0.05) is 10.8 Å². The van der Waals surface area contributed by atoms with Gasteiger partial charge in [0.15, 0.2) is 11.5 Å². The van der Waals surface area contributed by atoms with Gasteiger partial charge in [0.25, 0.3) is 5.91 Å². The molecule has 2 aromatic rings. The molecule has 4 rings (SSSR count). The highest BCUT2D eigenvalue weighted by Crippen LogP contribution is 2.44. The van der Waals surface area contributed by atoms with Crippen molar-refractivity contribution >= 4 is 23.0 Å². The molecule has 0 bridgehead atoms. The van der Waals surface area contributed by atoms with Gasteiger partial charge in [-0.1, -0.05) is 18.2 Å². The van der Waals surface area contributed by atoms with Crippen molar-refractivity contribution < 1.29 is 19.8 Å². The van der Waals surface area contributed by atoms with Gasteiger partial charge in [0.1, 0.15) is 5.75 Å². The molecule has 0 radical (unpaired) electrons. The van der Waals surface area contributed by atoms with Crippen LogP contribution in [0.5, 0.6) is 5.75 Å². The van der Waals surface area contributed by atoms with E-state index in [2.05, 4.69) is 0 Å². The van der Waals surface area contributed by atoms with Gasteiger partial charge < -0.3 is 15.1 Å². The third-order valence-corrected chi connectivity index (χ3v) is 5.49. The summed E-state index contributed by atoms with van der Waals surface area (Å²) in [6.45, 7) is 0.327. The molecule has 1 fully saturated rings. The van der Waals surface area contributed by atoms with Crippen molar-refractivity contribution in [3.63, 3.8) is 0 Å². The number of aliphatic hydroxyl groups excluding tert-OH is 1. The molecule has 1 unspecified atom stereocenters. The highest BCUT2D eigenvalue weighted by molar-refractivity contribution is 7.09. The molecule has 1 aliphatic heterocycles. The molecule has 1 aromatic carbocycles. The quantitative estimate of drug-likeness (QED) is 0.862. The minimum atomic E-state index is -0.622. The predicted octanol–water partition coefficient (Wildman–Crippen LogP) is 3.33. The van der Waals surface area contributed by atoms with E-state index in [1.807, 2.05) is 17.5 Å². The molecule has 6 heteroatoms. The molecule has 128 valence electrons. The maximum atomic E-state index is 12.7. The molecule has 0 saturated heterocycles. The first-order valence-corrected chi connectivity index (χ1v) is 9.04. The second-order valence-corrected chi connectivity index (χ2v) is 7.44. The molecule has 1 aromatic heterocycles. The number of phenols is 1. The van der Waals surface area contributed by atoms with Crippen LogP contribution in [-0.4, -0.2) is 26.8 Å². The van der Waals surface area contributed by atoms with Crippen LogP contribution in [0.4, 0.5) is 0 Å². The van der Waals surface area contributed by atoms with Gasteiger partial charge in [-0.3, -0.25) is 9.59 Å². The Hall–Kier alpha value is -2.60. The molecule has 25 heavy (non-hydrogen) atoms. The first-order valence-electron chi connectivity index (χ1n) is 8.16. The van der Waals surface area contributed by atoms with Gasteiger partial charge in [-0.15, -0.1) is 11.3 Å². The number of benzene rings is 1. The number of hydrogen-bond acceptors (Lipinski definition) is 5. The molecule has 5 nitrogen and oxygen atoms in total. The van der Waals surface area contributed by atoms with E-state index in [4.69, 9.17) is 0 Å². The van der Waals surface area contributed by atoms with Gasteiger partial charge in [-0.2, -0.15) is 0 Å². The Morgan fingerprint density at radius 2 is 1.88 bits per heavy atom. The van der Waals surface area contributed by atoms with Gasteiger partial charge in [-0.25, -0.2) is 0 Å². The minimum Gasteiger partial charge on any atom is -0.508 e. The Bertz CT molecular complexity index is 850. The largest absolute Gasteiger partial charge is 0.508 e. The second-order valence-electron chi connectivity index (χ2n) is 6.41. The average Bonchev–Trinajstić information content (AvgIpc) is 3.28. The van der Waals surface area contributed by atoms with Crippen LogP contribution < -0.4 is 0 Å². The zero-order valence-electron chi connectivity index (χ0n) is 13.4. The van der Waals surface area contributed by atoms with E-state index in [9.17, 15) is 19.8 Å². The highest BCUT2D eigenvalue weighted by Gasteiger charge is 2.47. The fourth-order valence-corrected chi connectivity index (χ4v) is 3.91. The van der Waals surface area contributed by atoms with E-state index in [0.717, 1.165) is 17.7 Å². The summed E-state index contributed by atoms with van der Waals surface area (Å²) in [5.41, 5.74) is 0.894. The van der Waals surface area contributed by atoms with Crippen LogP contribution in [0.1, 0.15) is 29.3 Å². The van der Waals surface area contributed by atoms with E-state index in [-0.39, 0.29) is 23.0 Å². The van der Waals surface area contributed by atoms with Crippen LogP contribution in [-0.2, 0) is 16.1 Å². The molecule has 1 amide bonds. The number of aliphatic hydroxyl groups is 1. The summed E-state index contributed by atoms with van der Waals surface area (Å²) in [5, 5.41) is 21.9. The maximum Gasteiger partial charge on any atom is 0.290 e. The molecule has 1 aliphatic carbocycles. The summed E-state index contributed by atoms with van der Waals surface area (Å²) >= 11 is 1.52. The van der Waals surface area contributed by atoms with Crippen molar-refractivity contribution in [2.45, 2.75) is 25.4 Å². The number of Topliss-reactive ketones (excluding diaryl/α,β-unsaturated/α-hetero) is 1. The molecule has 1 saturated carbocycles. The van der Waals surface area contributed by atoms with Gasteiger partial charge in [0.05, 0.1) is 18.2 Å². The topological polar surface area (TPSA) is 77.8 Å². The number of thiophene rings is 1. The minimum absolute atomic E-state index is 0.0914. The number of aromatic hydroxyl groups is 1.